The fourth-order valence-corrected chi connectivity index (χ4v) is 1.63. The van der Waals surface area contributed by atoms with E-state index < -0.39 is 4.92 Å². The van der Waals surface area contributed by atoms with Gasteiger partial charge in [0.25, 0.3) is 11.6 Å². The molecule has 1 rings (SSSR count). The summed E-state index contributed by atoms with van der Waals surface area (Å²) in [6.07, 6.45) is 1.34. The van der Waals surface area contributed by atoms with Crippen molar-refractivity contribution in [3.8, 4) is 5.75 Å². The zero-order valence-electron chi connectivity index (χ0n) is 11.5. The molecule has 9 nitrogen and oxygen atoms in total. The standard InChI is InChI=1S/C12H15N5O4/c1-21-11-8-9(17(19)20)4-5-10(11)12(18)14-6-2-3-7-15-16-13/h4-5,8H,2-3,6-7H2,1H3,(H,14,18). The summed E-state index contributed by atoms with van der Waals surface area (Å²) in [5, 5.41) is 16.7. The van der Waals surface area contributed by atoms with Gasteiger partial charge in [0.1, 0.15) is 5.75 Å². The number of nitro groups is 1. The number of nitrogens with zero attached hydrogens (tertiary/aromatic N) is 4. The number of unbranched alkanes of at least 4 members (excludes halogenated alkanes) is 1. The molecule has 1 aromatic rings. The summed E-state index contributed by atoms with van der Waals surface area (Å²) in [7, 11) is 1.34. The third-order valence-corrected chi connectivity index (χ3v) is 2.67. The molecule has 0 saturated carbocycles. The number of amides is 1. The van der Waals surface area contributed by atoms with E-state index >= 15 is 0 Å². The Morgan fingerprint density at radius 3 is 2.90 bits per heavy atom. The van der Waals surface area contributed by atoms with Crippen molar-refractivity contribution in [1.29, 1.82) is 0 Å². The highest BCUT2D eigenvalue weighted by Crippen LogP contribution is 2.24. The summed E-state index contributed by atoms with van der Waals surface area (Å²) in [6, 6.07) is 3.81. The number of non-ortho nitro benzene ring substituents is 1. The van der Waals surface area contributed by atoms with Crippen LogP contribution < -0.4 is 10.1 Å². The lowest BCUT2D eigenvalue weighted by Crippen LogP contribution is -2.25. The number of benzene rings is 1. The van der Waals surface area contributed by atoms with Gasteiger partial charge in [0.05, 0.1) is 23.7 Å². The molecule has 0 atom stereocenters. The van der Waals surface area contributed by atoms with Gasteiger partial charge in [-0.05, 0) is 24.4 Å². The Morgan fingerprint density at radius 1 is 1.52 bits per heavy atom. The average molecular weight is 293 g/mol. The van der Waals surface area contributed by atoms with E-state index in [-0.39, 0.29) is 22.9 Å². The molecule has 112 valence electrons. The lowest BCUT2D eigenvalue weighted by molar-refractivity contribution is -0.384. The first-order valence-corrected chi connectivity index (χ1v) is 6.21. The van der Waals surface area contributed by atoms with Gasteiger partial charge in [-0.15, -0.1) is 0 Å². The van der Waals surface area contributed by atoms with E-state index in [1.807, 2.05) is 0 Å². The van der Waals surface area contributed by atoms with Crippen molar-refractivity contribution >= 4 is 11.6 Å². The molecule has 0 unspecified atom stereocenters. The van der Waals surface area contributed by atoms with E-state index in [0.29, 0.717) is 25.9 Å². The van der Waals surface area contributed by atoms with Gasteiger partial charge >= 0.3 is 0 Å². The minimum absolute atomic E-state index is 0.141. The molecule has 0 aromatic heterocycles. The maximum absolute atomic E-state index is 12.0. The first kappa shape index (κ1) is 16.3. The summed E-state index contributed by atoms with van der Waals surface area (Å²) in [6.45, 7) is 0.799. The Hall–Kier alpha value is -2.80. The number of hydrogen-bond acceptors (Lipinski definition) is 5. The lowest BCUT2D eigenvalue weighted by Gasteiger charge is -2.08. The van der Waals surface area contributed by atoms with Crippen LogP contribution in [0.15, 0.2) is 23.3 Å². The van der Waals surface area contributed by atoms with E-state index in [9.17, 15) is 14.9 Å². The van der Waals surface area contributed by atoms with Gasteiger partial charge in [-0.3, -0.25) is 14.9 Å². The van der Waals surface area contributed by atoms with E-state index in [1.165, 1.54) is 25.3 Å². The predicted octanol–water partition coefficient (Wildman–Crippen LogP) is 2.42. The molecule has 0 aliphatic rings. The highest BCUT2D eigenvalue weighted by atomic mass is 16.6. The van der Waals surface area contributed by atoms with Crippen LogP contribution in [0.4, 0.5) is 5.69 Å². The molecule has 0 aliphatic carbocycles. The summed E-state index contributed by atoms with van der Waals surface area (Å²) < 4.78 is 5.00. The second-order valence-electron chi connectivity index (χ2n) is 4.06. The van der Waals surface area contributed by atoms with Gasteiger partial charge in [0.2, 0.25) is 0 Å². The summed E-state index contributed by atoms with van der Waals surface area (Å²) in [4.78, 5) is 24.7. The highest BCUT2D eigenvalue weighted by molar-refractivity contribution is 5.97. The molecule has 21 heavy (non-hydrogen) atoms. The summed E-state index contributed by atoms with van der Waals surface area (Å²) in [5.41, 5.74) is 8.20. The van der Waals surface area contributed by atoms with E-state index in [4.69, 9.17) is 10.3 Å². The Balaban J connectivity index is 2.61. The van der Waals surface area contributed by atoms with Crippen LogP contribution >= 0.6 is 0 Å². The van der Waals surface area contributed by atoms with Crippen molar-refractivity contribution in [2.45, 2.75) is 12.8 Å². The van der Waals surface area contributed by atoms with E-state index in [1.54, 1.807) is 0 Å². The SMILES string of the molecule is COc1cc([N+](=O)[O-])ccc1C(=O)NCCCCN=[N+]=[N-]. The van der Waals surface area contributed by atoms with Crippen molar-refractivity contribution < 1.29 is 14.5 Å². The molecule has 1 aromatic carbocycles. The molecule has 0 spiro atoms. The highest BCUT2D eigenvalue weighted by Gasteiger charge is 2.16. The van der Waals surface area contributed by atoms with Gasteiger partial charge in [-0.1, -0.05) is 5.11 Å². The minimum Gasteiger partial charge on any atom is -0.496 e. The third kappa shape index (κ3) is 5.00. The van der Waals surface area contributed by atoms with Crippen LogP contribution in [-0.4, -0.2) is 31.0 Å². The molecule has 1 N–H and O–H groups in total. The van der Waals surface area contributed by atoms with Crippen LogP contribution in [0.25, 0.3) is 10.4 Å². The summed E-state index contributed by atoms with van der Waals surface area (Å²) in [5.74, 6) is -0.221. The van der Waals surface area contributed by atoms with Crippen LogP contribution in [0.3, 0.4) is 0 Å². The largest absolute Gasteiger partial charge is 0.496 e. The first-order valence-electron chi connectivity index (χ1n) is 6.21. The van der Waals surface area contributed by atoms with Crippen molar-refractivity contribution in [3.63, 3.8) is 0 Å². The number of nitro benzene ring substituents is 1. The van der Waals surface area contributed by atoms with E-state index in [2.05, 4.69) is 15.3 Å². The Labute approximate surface area is 120 Å². The molecule has 1 amide bonds. The zero-order valence-corrected chi connectivity index (χ0v) is 11.5. The number of ether oxygens (including phenoxy) is 1. The number of rotatable bonds is 8. The average Bonchev–Trinajstić information content (AvgIpc) is 2.49. The van der Waals surface area contributed by atoms with Crippen molar-refractivity contribution in [3.05, 3.63) is 44.3 Å². The molecule has 0 saturated heterocycles. The van der Waals surface area contributed by atoms with Gasteiger partial charge in [-0.25, -0.2) is 0 Å². The molecule has 0 radical (unpaired) electrons. The second kappa shape index (κ2) is 8.39. The summed E-state index contributed by atoms with van der Waals surface area (Å²) >= 11 is 0. The van der Waals surface area contributed by atoms with Crippen LogP contribution in [0.5, 0.6) is 5.75 Å². The maximum Gasteiger partial charge on any atom is 0.273 e. The zero-order chi connectivity index (χ0) is 15.7. The molecule has 0 fully saturated rings. The maximum atomic E-state index is 12.0. The first-order chi connectivity index (χ1) is 10.1. The molecular formula is C12H15N5O4. The Bertz CT molecular complexity index is 569. The monoisotopic (exact) mass is 293 g/mol. The quantitative estimate of drug-likeness (QED) is 0.197. The molecule has 0 heterocycles. The van der Waals surface area contributed by atoms with Gasteiger partial charge < -0.3 is 10.1 Å². The smallest absolute Gasteiger partial charge is 0.273 e. The third-order valence-electron chi connectivity index (χ3n) is 2.67. The topological polar surface area (TPSA) is 130 Å². The van der Waals surface area contributed by atoms with Crippen LogP contribution in [0, 0.1) is 10.1 Å². The van der Waals surface area contributed by atoms with Crippen LogP contribution in [0.1, 0.15) is 23.2 Å². The molecule has 0 aliphatic heterocycles. The molecular weight excluding hydrogens is 278 g/mol. The van der Waals surface area contributed by atoms with Crippen LogP contribution in [-0.2, 0) is 0 Å². The Morgan fingerprint density at radius 2 is 2.29 bits per heavy atom. The van der Waals surface area contributed by atoms with Gasteiger partial charge in [0.15, 0.2) is 0 Å². The minimum atomic E-state index is -0.556. The van der Waals surface area contributed by atoms with Crippen molar-refractivity contribution in [2.24, 2.45) is 5.11 Å². The van der Waals surface area contributed by atoms with Crippen LogP contribution in [0.2, 0.25) is 0 Å². The molecule has 0 bridgehead atoms. The van der Waals surface area contributed by atoms with Gasteiger partial charge in [-0.2, -0.15) is 0 Å². The van der Waals surface area contributed by atoms with Crippen molar-refractivity contribution in [2.75, 3.05) is 20.2 Å². The number of nitrogens with one attached hydrogen (secondary N) is 1. The van der Waals surface area contributed by atoms with Crippen molar-refractivity contribution in [1.82, 2.24) is 5.32 Å². The normalized spacial score (nSPS) is 9.57. The number of methoxy groups -OCH3 is 1. The lowest BCUT2D eigenvalue weighted by atomic mass is 10.1. The van der Waals surface area contributed by atoms with Gasteiger partial charge in [0, 0.05) is 24.1 Å². The Kier molecular flexibility index (Phi) is 6.49. The molecule has 9 heteroatoms. The van der Waals surface area contributed by atoms with E-state index in [0.717, 1.165) is 0 Å². The number of hydrogen-bond donors (Lipinski definition) is 1. The fraction of sp³-hybridized carbons (Fsp3) is 0.417. The number of carbonyl (C=O) groups excluding carboxylic acids is 1. The number of carbonyl (C=O) groups is 1. The number of azide groups is 1. The second-order valence-corrected chi connectivity index (χ2v) is 4.06. The predicted molar refractivity (Wildman–Crippen MR) is 75.2 cm³/mol. The fourth-order valence-electron chi connectivity index (χ4n) is 1.63.